The van der Waals surface area contributed by atoms with Crippen molar-refractivity contribution in [3.05, 3.63) is 64.4 Å². The minimum absolute atomic E-state index is 0.0196. The van der Waals surface area contributed by atoms with Crippen LogP contribution in [0.1, 0.15) is 53.4 Å². The first-order valence-corrected chi connectivity index (χ1v) is 15.4. The van der Waals surface area contributed by atoms with Gasteiger partial charge in [-0.05, 0) is 57.4 Å². The Labute approximate surface area is 201 Å². The number of carbonyl (C=O) groups is 1. The summed E-state index contributed by atoms with van der Waals surface area (Å²) in [6.45, 7) is 12.3. The van der Waals surface area contributed by atoms with E-state index in [4.69, 9.17) is 10.5 Å². The standard InChI is InChI=1S/C26H35F2N3O2Si/c1-17-14-22-25(23(32)10-11-26(3,29)12-13-34(4,5)6)18(2)30-31(22)24(15-17)33-16-19-20(27)8-7-9-21(19)28/h7-9,14-15H,10-13,16,29H2,1-6H3. The summed E-state index contributed by atoms with van der Waals surface area (Å²) < 4.78 is 35.3. The highest BCUT2D eigenvalue weighted by molar-refractivity contribution is 6.76. The zero-order valence-electron chi connectivity index (χ0n) is 21.0. The van der Waals surface area contributed by atoms with Gasteiger partial charge < -0.3 is 10.5 Å². The lowest BCUT2D eigenvalue weighted by atomic mass is 9.91. The van der Waals surface area contributed by atoms with Gasteiger partial charge in [-0.2, -0.15) is 5.10 Å². The van der Waals surface area contributed by atoms with E-state index in [2.05, 4.69) is 24.7 Å². The van der Waals surface area contributed by atoms with Gasteiger partial charge in [0.25, 0.3) is 0 Å². The van der Waals surface area contributed by atoms with Gasteiger partial charge in [-0.1, -0.05) is 31.8 Å². The molecule has 1 aromatic carbocycles. The van der Waals surface area contributed by atoms with Crippen LogP contribution in [-0.4, -0.2) is 29.0 Å². The highest BCUT2D eigenvalue weighted by Gasteiger charge is 2.26. The molecule has 0 bridgehead atoms. The number of benzene rings is 1. The van der Waals surface area contributed by atoms with Crippen molar-refractivity contribution in [3.8, 4) is 5.88 Å². The van der Waals surface area contributed by atoms with E-state index in [0.29, 0.717) is 35.5 Å². The summed E-state index contributed by atoms with van der Waals surface area (Å²) in [5.41, 5.74) is 8.54. The summed E-state index contributed by atoms with van der Waals surface area (Å²) in [6.07, 6.45) is 1.81. The van der Waals surface area contributed by atoms with Gasteiger partial charge in [0.2, 0.25) is 5.88 Å². The zero-order valence-corrected chi connectivity index (χ0v) is 22.0. The maximum Gasteiger partial charge on any atom is 0.215 e. The number of nitrogens with zero attached hydrogens (tertiary/aromatic N) is 2. The summed E-state index contributed by atoms with van der Waals surface area (Å²) >= 11 is 0. The van der Waals surface area contributed by atoms with Crippen molar-refractivity contribution in [1.82, 2.24) is 9.61 Å². The van der Waals surface area contributed by atoms with Crippen molar-refractivity contribution in [3.63, 3.8) is 0 Å². The molecule has 0 saturated heterocycles. The van der Waals surface area contributed by atoms with E-state index < -0.39 is 25.2 Å². The van der Waals surface area contributed by atoms with Crippen LogP contribution in [0.5, 0.6) is 5.88 Å². The van der Waals surface area contributed by atoms with Gasteiger partial charge in [-0.3, -0.25) is 4.79 Å². The number of hydrogen-bond acceptors (Lipinski definition) is 4. The molecule has 2 heterocycles. The van der Waals surface area contributed by atoms with Crippen LogP contribution in [0.3, 0.4) is 0 Å². The average molecular weight is 488 g/mol. The quantitative estimate of drug-likeness (QED) is 0.272. The fourth-order valence-electron chi connectivity index (χ4n) is 3.93. The van der Waals surface area contributed by atoms with Crippen LogP contribution in [0.2, 0.25) is 25.7 Å². The largest absolute Gasteiger partial charge is 0.473 e. The molecule has 3 rings (SSSR count). The highest BCUT2D eigenvalue weighted by atomic mass is 28.3. The summed E-state index contributed by atoms with van der Waals surface area (Å²) in [4.78, 5) is 13.2. The number of nitrogens with two attached hydrogens (primary N) is 1. The van der Waals surface area contributed by atoms with E-state index in [1.165, 1.54) is 22.7 Å². The first kappa shape index (κ1) is 26.0. The Morgan fingerprint density at radius 3 is 2.41 bits per heavy atom. The summed E-state index contributed by atoms with van der Waals surface area (Å²) in [5, 5.41) is 4.50. The van der Waals surface area contributed by atoms with Crippen LogP contribution < -0.4 is 10.5 Å². The smallest absolute Gasteiger partial charge is 0.215 e. The molecule has 0 aliphatic carbocycles. The molecular formula is C26H35F2N3O2Si. The molecule has 0 saturated carbocycles. The number of halogens is 2. The van der Waals surface area contributed by atoms with Crippen LogP contribution in [0, 0.1) is 25.5 Å². The predicted octanol–water partition coefficient (Wildman–Crippen LogP) is 6.22. The normalized spacial score (nSPS) is 13.8. The number of aromatic nitrogens is 2. The number of carbonyl (C=O) groups excluding carboxylic acids is 1. The van der Waals surface area contributed by atoms with Crippen molar-refractivity contribution < 1.29 is 18.3 Å². The second-order valence-electron chi connectivity index (χ2n) is 10.8. The molecule has 34 heavy (non-hydrogen) atoms. The molecule has 184 valence electrons. The second kappa shape index (κ2) is 9.96. The molecule has 0 fully saturated rings. The van der Waals surface area contributed by atoms with E-state index >= 15 is 0 Å². The maximum atomic E-state index is 14.0. The van der Waals surface area contributed by atoms with Gasteiger partial charge in [-0.15, -0.1) is 0 Å². The number of pyridine rings is 1. The van der Waals surface area contributed by atoms with E-state index in [1.807, 2.05) is 19.9 Å². The number of Topliss-reactive ketones (excluding diaryl/α,β-unsaturated/α-hetero) is 1. The Morgan fingerprint density at radius 2 is 1.79 bits per heavy atom. The molecule has 1 unspecified atom stereocenters. The van der Waals surface area contributed by atoms with Crippen LogP contribution >= 0.6 is 0 Å². The third-order valence-corrected chi connectivity index (χ3v) is 7.84. The van der Waals surface area contributed by atoms with E-state index in [9.17, 15) is 13.6 Å². The lowest BCUT2D eigenvalue weighted by molar-refractivity contribution is 0.0972. The van der Waals surface area contributed by atoms with Crippen molar-refractivity contribution in [1.29, 1.82) is 0 Å². The first-order chi connectivity index (χ1) is 15.8. The third kappa shape index (κ3) is 6.30. The Morgan fingerprint density at radius 1 is 1.15 bits per heavy atom. The van der Waals surface area contributed by atoms with Crippen LogP contribution in [0.25, 0.3) is 5.52 Å². The monoisotopic (exact) mass is 487 g/mol. The molecular weight excluding hydrogens is 452 g/mol. The molecule has 2 aromatic heterocycles. The topological polar surface area (TPSA) is 69.6 Å². The molecule has 5 nitrogen and oxygen atoms in total. The lowest BCUT2D eigenvalue weighted by Crippen LogP contribution is -2.38. The van der Waals surface area contributed by atoms with Crippen molar-refractivity contribution in [2.75, 3.05) is 0 Å². The van der Waals surface area contributed by atoms with E-state index in [1.54, 1.807) is 13.0 Å². The first-order valence-electron chi connectivity index (χ1n) is 11.7. The Kier molecular flexibility index (Phi) is 7.62. The number of hydrogen-bond donors (Lipinski definition) is 1. The minimum Gasteiger partial charge on any atom is -0.473 e. The number of ether oxygens (including phenoxy) is 1. The third-order valence-electron chi connectivity index (χ3n) is 6.09. The molecule has 0 aliphatic heterocycles. The number of fused-ring (bicyclic) bond motifs is 1. The Hall–Kier alpha value is -2.58. The number of rotatable bonds is 10. The molecule has 2 N–H and O–H groups in total. The molecule has 0 radical (unpaired) electrons. The minimum atomic E-state index is -1.21. The van der Waals surface area contributed by atoms with Crippen LogP contribution in [0.4, 0.5) is 8.78 Å². The molecule has 0 spiro atoms. The fraction of sp³-hybridized carbons (Fsp3) is 0.462. The van der Waals surface area contributed by atoms with Crippen molar-refractivity contribution in [2.45, 2.75) is 77.9 Å². The van der Waals surface area contributed by atoms with E-state index in [0.717, 1.165) is 18.0 Å². The summed E-state index contributed by atoms with van der Waals surface area (Å²) in [6, 6.07) is 8.42. The fourth-order valence-corrected chi connectivity index (χ4v) is 5.25. The molecule has 0 amide bonds. The second-order valence-corrected chi connectivity index (χ2v) is 16.4. The molecule has 8 heteroatoms. The Balaban J connectivity index is 1.82. The van der Waals surface area contributed by atoms with Crippen LogP contribution in [-0.2, 0) is 6.61 Å². The van der Waals surface area contributed by atoms with Crippen molar-refractivity contribution in [2.24, 2.45) is 5.73 Å². The van der Waals surface area contributed by atoms with Gasteiger partial charge >= 0.3 is 0 Å². The maximum absolute atomic E-state index is 14.0. The molecule has 1 atom stereocenters. The lowest BCUT2D eigenvalue weighted by Gasteiger charge is -2.28. The predicted molar refractivity (Wildman–Crippen MR) is 134 cm³/mol. The van der Waals surface area contributed by atoms with Gasteiger partial charge in [0.15, 0.2) is 5.78 Å². The average Bonchev–Trinajstić information content (AvgIpc) is 3.05. The zero-order chi connectivity index (χ0) is 25.3. The van der Waals surface area contributed by atoms with Gasteiger partial charge in [0, 0.05) is 26.1 Å². The van der Waals surface area contributed by atoms with Gasteiger partial charge in [-0.25, -0.2) is 13.3 Å². The molecule has 0 aliphatic rings. The van der Waals surface area contributed by atoms with Crippen molar-refractivity contribution >= 4 is 19.4 Å². The highest BCUT2D eigenvalue weighted by Crippen LogP contribution is 2.28. The van der Waals surface area contributed by atoms with E-state index in [-0.39, 0.29) is 18.0 Å². The molecule has 3 aromatic rings. The van der Waals surface area contributed by atoms with Gasteiger partial charge in [0.1, 0.15) is 18.2 Å². The number of ketones is 1. The number of aryl methyl sites for hydroxylation is 2. The summed E-state index contributed by atoms with van der Waals surface area (Å²) in [5.74, 6) is -1.04. The SMILES string of the molecule is Cc1cc(OCc2c(F)cccc2F)n2nc(C)c(C(=O)CCC(C)(N)CC[Si](C)(C)C)c2c1. The van der Waals surface area contributed by atoms with Crippen LogP contribution in [0.15, 0.2) is 30.3 Å². The Bertz CT molecular complexity index is 1180. The summed E-state index contributed by atoms with van der Waals surface area (Å²) in [7, 11) is -1.21. The van der Waals surface area contributed by atoms with Gasteiger partial charge in [0.05, 0.1) is 22.3 Å².